The number of rotatable bonds is 4. The van der Waals surface area contributed by atoms with E-state index in [0.717, 1.165) is 4.88 Å². The molecular formula is C10H12ClN3O2S. The van der Waals surface area contributed by atoms with Gasteiger partial charge in [0, 0.05) is 7.11 Å². The van der Waals surface area contributed by atoms with Crippen LogP contribution in [0.1, 0.15) is 12.7 Å². The summed E-state index contributed by atoms with van der Waals surface area (Å²) in [6.07, 6.45) is 0. The van der Waals surface area contributed by atoms with E-state index in [-0.39, 0.29) is 0 Å². The molecule has 0 radical (unpaired) electrons. The van der Waals surface area contributed by atoms with Crippen molar-refractivity contribution in [1.82, 2.24) is 10.1 Å². The van der Waals surface area contributed by atoms with Crippen LogP contribution in [0.2, 0.25) is 4.34 Å². The van der Waals surface area contributed by atoms with E-state index < -0.39 is 5.54 Å². The molecule has 0 fully saturated rings. The zero-order valence-electron chi connectivity index (χ0n) is 9.44. The van der Waals surface area contributed by atoms with E-state index in [1.165, 1.54) is 11.3 Å². The van der Waals surface area contributed by atoms with Gasteiger partial charge in [0.25, 0.3) is 5.89 Å². The molecule has 0 amide bonds. The number of aromatic nitrogens is 2. The van der Waals surface area contributed by atoms with Gasteiger partial charge in [-0.05, 0) is 19.1 Å². The average Bonchev–Trinajstić information content (AvgIpc) is 2.85. The maximum atomic E-state index is 6.01. The molecule has 1 unspecified atom stereocenters. The van der Waals surface area contributed by atoms with Gasteiger partial charge in [-0.1, -0.05) is 16.8 Å². The van der Waals surface area contributed by atoms with Crippen molar-refractivity contribution in [2.45, 2.75) is 12.5 Å². The molecule has 0 spiro atoms. The van der Waals surface area contributed by atoms with Crippen molar-refractivity contribution in [1.29, 1.82) is 0 Å². The highest BCUT2D eigenvalue weighted by molar-refractivity contribution is 7.19. The molecule has 7 heteroatoms. The van der Waals surface area contributed by atoms with Crippen LogP contribution in [0.25, 0.3) is 10.8 Å². The van der Waals surface area contributed by atoms with E-state index in [4.69, 9.17) is 26.6 Å². The second kappa shape index (κ2) is 4.73. The second-order valence-electron chi connectivity index (χ2n) is 3.88. The normalized spacial score (nSPS) is 14.8. The summed E-state index contributed by atoms with van der Waals surface area (Å²) >= 11 is 7.22. The van der Waals surface area contributed by atoms with Crippen LogP contribution in [0, 0.1) is 0 Å². The highest BCUT2D eigenvalue weighted by atomic mass is 35.5. The molecule has 0 saturated carbocycles. The Morgan fingerprint density at radius 3 is 2.94 bits per heavy atom. The fourth-order valence-electron chi connectivity index (χ4n) is 1.35. The van der Waals surface area contributed by atoms with Crippen molar-refractivity contribution in [2.24, 2.45) is 5.73 Å². The van der Waals surface area contributed by atoms with E-state index >= 15 is 0 Å². The number of thiophene rings is 1. The third-order valence-electron chi connectivity index (χ3n) is 2.17. The molecule has 2 heterocycles. The summed E-state index contributed by atoms with van der Waals surface area (Å²) in [5, 5.41) is 3.86. The molecule has 0 aliphatic heterocycles. The predicted octanol–water partition coefficient (Wildman–Crippen LogP) is 2.27. The van der Waals surface area contributed by atoms with E-state index in [1.807, 2.05) is 6.07 Å². The first-order valence-electron chi connectivity index (χ1n) is 4.90. The van der Waals surface area contributed by atoms with Crippen LogP contribution >= 0.6 is 22.9 Å². The van der Waals surface area contributed by atoms with Crippen molar-refractivity contribution in [3.63, 3.8) is 0 Å². The van der Waals surface area contributed by atoms with Gasteiger partial charge in [-0.25, -0.2) is 0 Å². The molecule has 0 bridgehead atoms. The Balaban J connectivity index is 2.27. The summed E-state index contributed by atoms with van der Waals surface area (Å²) in [5.74, 6) is 0.837. The Morgan fingerprint density at radius 1 is 1.59 bits per heavy atom. The Kier molecular flexibility index (Phi) is 3.48. The Labute approximate surface area is 108 Å². The molecule has 0 saturated heterocycles. The Hall–Kier alpha value is -0.950. The van der Waals surface area contributed by atoms with E-state index in [0.29, 0.717) is 22.7 Å². The largest absolute Gasteiger partial charge is 0.382 e. The number of hydrogen-bond acceptors (Lipinski definition) is 6. The molecular weight excluding hydrogens is 262 g/mol. The van der Waals surface area contributed by atoms with Gasteiger partial charge in [-0.2, -0.15) is 4.98 Å². The quantitative estimate of drug-likeness (QED) is 0.925. The number of halogens is 1. The maximum Gasteiger partial charge on any atom is 0.268 e. The van der Waals surface area contributed by atoms with Crippen LogP contribution in [-0.4, -0.2) is 23.9 Å². The van der Waals surface area contributed by atoms with Crippen LogP contribution in [0.3, 0.4) is 0 Å². The highest BCUT2D eigenvalue weighted by Gasteiger charge is 2.28. The van der Waals surface area contributed by atoms with Gasteiger partial charge in [0.05, 0.1) is 15.8 Å². The molecule has 0 aromatic carbocycles. The SMILES string of the molecule is COCC(C)(N)c1noc(-c2ccc(Cl)s2)n1. The molecule has 1 atom stereocenters. The minimum Gasteiger partial charge on any atom is -0.382 e. The lowest BCUT2D eigenvalue weighted by Gasteiger charge is -2.18. The van der Waals surface area contributed by atoms with Gasteiger partial charge in [0.1, 0.15) is 5.54 Å². The minimum absolute atomic E-state index is 0.317. The third kappa shape index (κ3) is 2.66. The van der Waals surface area contributed by atoms with Gasteiger partial charge in [0.15, 0.2) is 5.82 Å². The zero-order chi connectivity index (χ0) is 12.5. The van der Waals surface area contributed by atoms with Crippen molar-refractivity contribution >= 4 is 22.9 Å². The van der Waals surface area contributed by atoms with Crippen LogP contribution in [-0.2, 0) is 10.3 Å². The summed E-state index contributed by atoms with van der Waals surface area (Å²) in [6, 6.07) is 3.61. The first-order valence-corrected chi connectivity index (χ1v) is 6.10. The number of hydrogen-bond donors (Lipinski definition) is 1. The number of ether oxygens (including phenoxy) is 1. The third-order valence-corrected chi connectivity index (χ3v) is 3.38. The summed E-state index contributed by atoms with van der Waals surface area (Å²) < 4.78 is 10.8. The van der Waals surface area contributed by atoms with Crippen LogP contribution in [0.4, 0.5) is 0 Å². The van der Waals surface area contributed by atoms with E-state index in [9.17, 15) is 0 Å². The Morgan fingerprint density at radius 2 is 2.35 bits per heavy atom. The van der Waals surface area contributed by atoms with Gasteiger partial charge in [-0.15, -0.1) is 11.3 Å². The van der Waals surface area contributed by atoms with Crippen LogP contribution < -0.4 is 5.73 Å². The van der Waals surface area contributed by atoms with Crippen LogP contribution in [0.5, 0.6) is 0 Å². The first-order chi connectivity index (χ1) is 8.03. The van der Waals surface area contributed by atoms with Crippen molar-refractivity contribution in [2.75, 3.05) is 13.7 Å². The molecule has 5 nitrogen and oxygen atoms in total. The fraction of sp³-hybridized carbons (Fsp3) is 0.400. The number of nitrogens with zero attached hydrogens (tertiary/aromatic N) is 2. The minimum atomic E-state index is -0.766. The monoisotopic (exact) mass is 273 g/mol. The van der Waals surface area contributed by atoms with Gasteiger partial charge >= 0.3 is 0 Å². The maximum absolute atomic E-state index is 6.01. The molecule has 2 rings (SSSR count). The van der Waals surface area contributed by atoms with Gasteiger partial charge in [0.2, 0.25) is 0 Å². The molecule has 2 aromatic heterocycles. The lowest BCUT2D eigenvalue weighted by atomic mass is 10.1. The average molecular weight is 274 g/mol. The summed E-state index contributed by atoms with van der Waals surface area (Å²) in [7, 11) is 1.57. The number of methoxy groups -OCH3 is 1. The standard InChI is InChI=1S/C10H12ClN3O2S/c1-10(12,5-15-2)9-13-8(16-14-9)6-3-4-7(11)17-6/h3-4H,5,12H2,1-2H3. The second-order valence-corrected chi connectivity index (χ2v) is 5.59. The summed E-state index contributed by atoms with van der Waals surface area (Å²) in [6.45, 7) is 2.10. The summed E-state index contributed by atoms with van der Waals surface area (Å²) in [5.41, 5.74) is 5.25. The summed E-state index contributed by atoms with van der Waals surface area (Å²) in [4.78, 5) is 5.07. The zero-order valence-corrected chi connectivity index (χ0v) is 11.0. The lowest BCUT2D eigenvalue weighted by molar-refractivity contribution is 0.135. The predicted molar refractivity (Wildman–Crippen MR) is 66.0 cm³/mol. The Bertz CT molecular complexity index is 509. The smallest absolute Gasteiger partial charge is 0.268 e. The van der Waals surface area contributed by atoms with Gasteiger partial charge < -0.3 is 15.0 Å². The topological polar surface area (TPSA) is 74.2 Å². The molecule has 17 heavy (non-hydrogen) atoms. The van der Waals surface area contributed by atoms with Crippen molar-refractivity contribution in [3.8, 4) is 10.8 Å². The molecule has 2 aromatic rings. The molecule has 2 N–H and O–H groups in total. The van der Waals surface area contributed by atoms with E-state index in [2.05, 4.69) is 10.1 Å². The van der Waals surface area contributed by atoms with Crippen molar-refractivity contribution < 1.29 is 9.26 Å². The molecule has 92 valence electrons. The van der Waals surface area contributed by atoms with Crippen LogP contribution in [0.15, 0.2) is 16.7 Å². The highest BCUT2D eigenvalue weighted by Crippen LogP contribution is 2.30. The first kappa shape index (κ1) is 12.5. The fourth-order valence-corrected chi connectivity index (χ4v) is 2.31. The van der Waals surface area contributed by atoms with E-state index in [1.54, 1.807) is 20.1 Å². The number of nitrogens with two attached hydrogens (primary N) is 1. The molecule has 0 aliphatic carbocycles. The lowest BCUT2D eigenvalue weighted by Crippen LogP contribution is -2.38. The van der Waals surface area contributed by atoms with Crippen molar-refractivity contribution in [3.05, 3.63) is 22.3 Å². The molecule has 0 aliphatic rings. The van der Waals surface area contributed by atoms with Gasteiger partial charge in [-0.3, -0.25) is 0 Å².